The number of ether oxygens (including phenoxy) is 1. The van der Waals surface area contributed by atoms with Gasteiger partial charge in [0, 0.05) is 27.5 Å². The van der Waals surface area contributed by atoms with Crippen molar-refractivity contribution < 1.29 is 19.4 Å². The Hall–Kier alpha value is -1.92. The molecule has 1 N–H and O–H groups in total. The predicted molar refractivity (Wildman–Crippen MR) is 88.3 cm³/mol. The van der Waals surface area contributed by atoms with Crippen LogP contribution in [-0.2, 0) is 4.74 Å². The fourth-order valence-electron chi connectivity index (χ4n) is 2.68. The monoisotopic (exact) mass is 332 g/mol. The van der Waals surface area contributed by atoms with Gasteiger partial charge in [-0.15, -0.1) is 0 Å². The second-order valence-electron chi connectivity index (χ2n) is 4.72. The van der Waals surface area contributed by atoms with Crippen LogP contribution < -0.4 is 0 Å². The molecular formula is C16H12O4S2. The molecule has 112 valence electrons. The molecule has 0 fully saturated rings. The molecule has 1 aliphatic rings. The summed E-state index contributed by atoms with van der Waals surface area (Å²) in [5, 5.41) is 6.84. The third-order valence-electron chi connectivity index (χ3n) is 3.51. The smallest absolute Gasteiger partial charge is 0.378 e. The van der Waals surface area contributed by atoms with E-state index in [4.69, 9.17) is 9.84 Å². The third-order valence-corrected chi connectivity index (χ3v) is 5.08. The van der Waals surface area contributed by atoms with Gasteiger partial charge in [0.05, 0.1) is 0 Å². The Morgan fingerprint density at radius 2 is 1.50 bits per heavy atom. The number of benzene rings is 2. The van der Waals surface area contributed by atoms with Gasteiger partial charge in [-0.1, -0.05) is 48.5 Å². The van der Waals surface area contributed by atoms with Gasteiger partial charge in [-0.3, -0.25) is 0 Å². The van der Waals surface area contributed by atoms with Crippen molar-refractivity contribution in [3.05, 3.63) is 59.7 Å². The SMILES string of the molecule is O=C(O)SSC(=O)OCC1c2ccccc2-c2ccccc21. The lowest BCUT2D eigenvalue weighted by Crippen LogP contribution is -2.09. The first-order valence-electron chi connectivity index (χ1n) is 6.59. The van der Waals surface area contributed by atoms with Crippen molar-refractivity contribution in [3.8, 4) is 11.1 Å². The Balaban J connectivity index is 1.77. The fraction of sp³-hybridized carbons (Fsp3) is 0.125. The van der Waals surface area contributed by atoms with E-state index < -0.39 is 10.6 Å². The lowest BCUT2D eigenvalue weighted by atomic mass is 9.98. The highest BCUT2D eigenvalue weighted by Gasteiger charge is 2.29. The van der Waals surface area contributed by atoms with E-state index in [1.807, 2.05) is 36.4 Å². The van der Waals surface area contributed by atoms with Crippen LogP contribution in [0.15, 0.2) is 48.5 Å². The Kier molecular flexibility index (Phi) is 4.40. The van der Waals surface area contributed by atoms with Gasteiger partial charge in [-0.05, 0) is 22.3 Å². The molecular weight excluding hydrogens is 320 g/mol. The molecule has 0 radical (unpaired) electrons. The average Bonchev–Trinajstić information content (AvgIpc) is 2.85. The van der Waals surface area contributed by atoms with Crippen LogP contribution >= 0.6 is 21.6 Å². The molecule has 0 bridgehead atoms. The summed E-state index contributed by atoms with van der Waals surface area (Å²) in [6, 6.07) is 16.1. The van der Waals surface area contributed by atoms with Crippen LogP contribution in [0.5, 0.6) is 0 Å². The molecule has 2 aromatic carbocycles. The molecule has 4 nitrogen and oxygen atoms in total. The molecule has 22 heavy (non-hydrogen) atoms. The number of hydrogen-bond donors (Lipinski definition) is 1. The van der Waals surface area contributed by atoms with Gasteiger partial charge < -0.3 is 9.84 Å². The molecule has 3 rings (SSSR count). The third kappa shape index (κ3) is 2.98. The Labute approximate surface area is 135 Å². The van der Waals surface area contributed by atoms with E-state index >= 15 is 0 Å². The maximum atomic E-state index is 11.6. The molecule has 0 atom stereocenters. The van der Waals surface area contributed by atoms with Crippen LogP contribution in [0.4, 0.5) is 9.59 Å². The zero-order valence-electron chi connectivity index (χ0n) is 11.4. The molecule has 0 aromatic heterocycles. The Morgan fingerprint density at radius 1 is 0.955 bits per heavy atom. The zero-order chi connectivity index (χ0) is 15.5. The van der Waals surface area contributed by atoms with Gasteiger partial charge in [0.15, 0.2) is 0 Å². The summed E-state index contributed by atoms with van der Waals surface area (Å²) in [6.45, 7) is 0.208. The van der Waals surface area contributed by atoms with Gasteiger partial charge >= 0.3 is 10.6 Å². The summed E-state index contributed by atoms with van der Waals surface area (Å²) in [5.41, 5.74) is 4.58. The summed E-state index contributed by atoms with van der Waals surface area (Å²) in [5.74, 6) is -0.00761. The van der Waals surface area contributed by atoms with Crippen LogP contribution in [0.2, 0.25) is 0 Å². The molecule has 1 aliphatic carbocycles. The maximum absolute atomic E-state index is 11.6. The average molecular weight is 332 g/mol. The van der Waals surface area contributed by atoms with Crippen LogP contribution in [0, 0.1) is 0 Å². The minimum atomic E-state index is -1.11. The zero-order valence-corrected chi connectivity index (χ0v) is 13.0. The summed E-state index contributed by atoms with van der Waals surface area (Å²) < 4.78 is 5.23. The van der Waals surface area contributed by atoms with Gasteiger partial charge in [0.1, 0.15) is 6.61 Å². The predicted octanol–water partition coefficient (Wildman–Crippen LogP) is 4.99. The van der Waals surface area contributed by atoms with Crippen LogP contribution in [0.3, 0.4) is 0 Å². The summed E-state index contributed by atoms with van der Waals surface area (Å²) in [4.78, 5) is 22.0. The molecule has 0 heterocycles. The first kappa shape index (κ1) is 15.0. The standard InChI is InChI=1S/C16H12O4S2/c17-15(18)21-22-16(19)20-9-14-12-7-3-1-5-10(12)11-6-2-4-8-13(11)14/h1-8,14H,9H2,(H,17,18). The lowest BCUT2D eigenvalue weighted by molar-refractivity contribution is 0.172. The van der Waals surface area contributed by atoms with E-state index in [1.54, 1.807) is 0 Å². The highest BCUT2D eigenvalue weighted by molar-refractivity contribution is 8.86. The number of fused-ring (bicyclic) bond motifs is 3. The van der Waals surface area contributed by atoms with Crippen LogP contribution in [0.25, 0.3) is 11.1 Å². The van der Waals surface area contributed by atoms with E-state index in [0.717, 1.165) is 22.3 Å². The van der Waals surface area contributed by atoms with Gasteiger partial charge in [0.2, 0.25) is 0 Å². The largest absolute Gasteiger partial charge is 0.473 e. The van der Waals surface area contributed by atoms with Crippen molar-refractivity contribution in [3.63, 3.8) is 0 Å². The second-order valence-corrected chi connectivity index (χ2v) is 6.74. The fourth-order valence-corrected chi connectivity index (χ4v) is 3.50. The van der Waals surface area contributed by atoms with Crippen LogP contribution in [-0.4, -0.2) is 22.3 Å². The van der Waals surface area contributed by atoms with E-state index in [9.17, 15) is 9.59 Å². The van der Waals surface area contributed by atoms with E-state index in [1.165, 1.54) is 0 Å². The Morgan fingerprint density at radius 3 is 2.05 bits per heavy atom. The summed E-state index contributed by atoms with van der Waals surface area (Å²) >= 11 is 0. The van der Waals surface area contributed by atoms with Crippen molar-refractivity contribution in [1.29, 1.82) is 0 Å². The van der Waals surface area contributed by atoms with Gasteiger partial charge in [0.25, 0.3) is 0 Å². The molecule has 2 aromatic rings. The molecule has 0 unspecified atom stereocenters. The quantitative estimate of drug-likeness (QED) is 0.617. The van der Waals surface area contributed by atoms with Crippen molar-refractivity contribution in [2.45, 2.75) is 5.92 Å². The highest BCUT2D eigenvalue weighted by atomic mass is 33.1. The number of carbonyl (C=O) groups is 2. The molecule has 0 amide bonds. The minimum Gasteiger partial charge on any atom is -0.473 e. The lowest BCUT2D eigenvalue weighted by Gasteiger charge is -2.13. The Bertz CT molecular complexity index is 684. The molecule has 0 aliphatic heterocycles. The van der Waals surface area contributed by atoms with E-state index in [-0.39, 0.29) is 12.5 Å². The van der Waals surface area contributed by atoms with E-state index in [2.05, 4.69) is 12.1 Å². The second kappa shape index (κ2) is 6.46. The molecule has 0 saturated carbocycles. The number of carbonyl (C=O) groups excluding carboxylic acids is 1. The maximum Gasteiger partial charge on any atom is 0.378 e. The number of carboxylic acid groups (broad SMARTS) is 1. The number of hydrogen-bond acceptors (Lipinski definition) is 5. The molecule has 0 saturated heterocycles. The summed E-state index contributed by atoms with van der Waals surface area (Å²) in [6.07, 6.45) is 0. The first-order valence-corrected chi connectivity index (χ1v) is 8.74. The normalized spacial score (nSPS) is 12.5. The first-order chi connectivity index (χ1) is 10.7. The van der Waals surface area contributed by atoms with Crippen molar-refractivity contribution in [2.75, 3.05) is 6.61 Å². The molecule has 6 heteroatoms. The van der Waals surface area contributed by atoms with Crippen molar-refractivity contribution in [1.82, 2.24) is 0 Å². The number of rotatable bonds is 2. The topological polar surface area (TPSA) is 63.6 Å². The van der Waals surface area contributed by atoms with Crippen molar-refractivity contribution >= 4 is 32.2 Å². The van der Waals surface area contributed by atoms with Crippen molar-refractivity contribution in [2.24, 2.45) is 0 Å². The van der Waals surface area contributed by atoms with E-state index in [0.29, 0.717) is 21.6 Å². The minimum absolute atomic E-state index is 0.00761. The summed E-state index contributed by atoms with van der Waals surface area (Å²) in [7, 11) is 1.04. The highest BCUT2D eigenvalue weighted by Crippen LogP contribution is 2.44. The molecule has 0 spiro atoms. The van der Waals surface area contributed by atoms with Gasteiger partial charge in [-0.25, -0.2) is 9.59 Å². The van der Waals surface area contributed by atoms with Gasteiger partial charge in [-0.2, -0.15) is 0 Å². The van der Waals surface area contributed by atoms with Crippen LogP contribution in [0.1, 0.15) is 17.0 Å².